The Morgan fingerprint density at radius 3 is 2.10 bits per heavy atom. The number of para-hydroxylation sites is 2. The molecule has 21 heavy (non-hydrogen) atoms. The van der Waals surface area contributed by atoms with Crippen molar-refractivity contribution in [3.8, 4) is 17.2 Å². The van der Waals surface area contributed by atoms with Gasteiger partial charge in [-0.3, -0.25) is 0 Å². The minimum Gasteiger partial charge on any atom is -0.507 e. The number of phenols is 3. The molecular weight excluding hydrogens is 274 g/mol. The Morgan fingerprint density at radius 2 is 1.62 bits per heavy atom. The predicted molar refractivity (Wildman–Crippen MR) is 78.2 cm³/mol. The second kappa shape index (κ2) is 7.64. The zero-order valence-corrected chi connectivity index (χ0v) is 11.5. The molecule has 0 unspecified atom stereocenters. The van der Waals surface area contributed by atoms with Gasteiger partial charge in [0, 0.05) is 5.69 Å². The largest absolute Gasteiger partial charge is 0.507 e. The molecule has 0 aliphatic heterocycles. The summed E-state index contributed by atoms with van der Waals surface area (Å²) < 4.78 is 4.71. The van der Waals surface area contributed by atoms with Crippen LogP contribution in [0.3, 0.4) is 0 Å². The van der Waals surface area contributed by atoms with Crippen molar-refractivity contribution >= 4 is 11.7 Å². The van der Waals surface area contributed by atoms with Crippen LogP contribution in [0.15, 0.2) is 42.5 Å². The molecule has 0 heterocycles. The molecule has 2 rings (SSSR count). The number of nitrogens with two attached hydrogens (primary N) is 1. The monoisotopic (exact) mass is 291 g/mol. The molecule has 5 N–H and O–H groups in total. The van der Waals surface area contributed by atoms with Crippen molar-refractivity contribution in [1.82, 2.24) is 0 Å². The first kappa shape index (κ1) is 16.2. The van der Waals surface area contributed by atoms with Crippen molar-refractivity contribution in [2.75, 3.05) is 12.3 Å². The van der Waals surface area contributed by atoms with Gasteiger partial charge in [-0.05, 0) is 37.3 Å². The van der Waals surface area contributed by atoms with Crippen molar-refractivity contribution in [3.05, 3.63) is 48.0 Å². The summed E-state index contributed by atoms with van der Waals surface area (Å²) in [5.41, 5.74) is 5.96. The molecule has 112 valence electrons. The maximum absolute atomic E-state index is 11.2. The van der Waals surface area contributed by atoms with Gasteiger partial charge in [0.15, 0.2) is 11.5 Å². The fourth-order valence-corrected chi connectivity index (χ4v) is 1.39. The summed E-state index contributed by atoms with van der Waals surface area (Å²) in [4.78, 5) is 11.2. The minimum absolute atomic E-state index is 0.0764. The summed E-state index contributed by atoms with van der Waals surface area (Å²) in [6.07, 6.45) is 0. The lowest BCUT2D eigenvalue weighted by Gasteiger charge is -2.04. The smallest absolute Gasteiger partial charge is 0.341 e. The third-order valence-electron chi connectivity index (χ3n) is 2.40. The maximum atomic E-state index is 11.2. The summed E-state index contributed by atoms with van der Waals surface area (Å²) in [5.74, 6) is -0.833. The Hall–Kier alpha value is -2.89. The zero-order chi connectivity index (χ0) is 15.8. The highest BCUT2D eigenvalue weighted by Crippen LogP contribution is 2.21. The van der Waals surface area contributed by atoms with E-state index in [0.717, 1.165) is 0 Å². The van der Waals surface area contributed by atoms with E-state index in [-0.39, 0.29) is 29.4 Å². The zero-order valence-electron chi connectivity index (χ0n) is 11.5. The molecule has 0 amide bonds. The number of nitrogen functional groups attached to an aromatic ring is 1. The molecule has 2 aromatic rings. The molecule has 0 saturated heterocycles. The number of anilines is 1. The molecule has 6 nitrogen and oxygen atoms in total. The lowest BCUT2D eigenvalue weighted by atomic mass is 10.2. The number of hydrogen-bond donors (Lipinski definition) is 4. The first-order valence-corrected chi connectivity index (χ1v) is 6.18. The number of aromatic hydroxyl groups is 3. The van der Waals surface area contributed by atoms with E-state index in [4.69, 9.17) is 20.7 Å². The fourth-order valence-electron chi connectivity index (χ4n) is 1.39. The summed E-state index contributed by atoms with van der Waals surface area (Å²) in [6, 6.07) is 10.4. The van der Waals surface area contributed by atoms with Crippen LogP contribution in [0.4, 0.5) is 5.69 Å². The van der Waals surface area contributed by atoms with Crippen molar-refractivity contribution in [2.45, 2.75) is 6.92 Å². The maximum Gasteiger partial charge on any atom is 0.341 e. The van der Waals surface area contributed by atoms with Crippen molar-refractivity contribution < 1.29 is 24.9 Å². The van der Waals surface area contributed by atoms with Crippen molar-refractivity contribution in [1.29, 1.82) is 0 Å². The highest BCUT2D eigenvalue weighted by molar-refractivity contribution is 5.93. The number of carbonyl (C=O) groups is 1. The van der Waals surface area contributed by atoms with E-state index in [1.165, 1.54) is 30.3 Å². The lowest BCUT2D eigenvalue weighted by molar-refractivity contribution is 0.0523. The van der Waals surface area contributed by atoms with Gasteiger partial charge in [-0.2, -0.15) is 0 Å². The molecule has 2 aromatic carbocycles. The summed E-state index contributed by atoms with van der Waals surface area (Å²) in [6.45, 7) is 1.97. The van der Waals surface area contributed by atoms with Crippen LogP contribution < -0.4 is 5.73 Å². The van der Waals surface area contributed by atoms with Crippen LogP contribution in [0, 0.1) is 0 Å². The van der Waals surface area contributed by atoms with Crippen LogP contribution in [0.2, 0.25) is 0 Å². The molecule has 0 radical (unpaired) electrons. The van der Waals surface area contributed by atoms with Crippen LogP contribution in [0.25, 0.3) is 0 Å². The molecule has 0 saturated carbocycles. The summed E-state index contributed by atoms with van der Waals surface area (Å²) in [7, 11) is 0. The number of hydrogen-bond acceptors (Lipinski definition) is 6. The Morgan fingerprint density at radius 1 is 1.05 bits per heavy atom. The Kier molecular flexibility index (Phi) is 5.88. The van der Waals surface area contributed by atoms with Crippen LogP contribution >= 0.6 is 0 Å². The fraction of sp³-hybridized carbons (Fsp3) is 0.133. The molecule has 6 heteroatoms. The van der Waals surface area contributed by atoms with E-state index < -0.39 is 5.97 Å². The molecule has 0 aliphatic carbocycles. The van der Waals surface area contributed by atoms with Gasteiger partial charge in [-0.15, -0.1) is 0 Å². The summed E-state index contributed by atoms with van der Waals surface area (Å²) >= 11 is 0. The summed E-state index contributed by atoms with van der Waals surface area (Å²) in [5, 5.41) is 26.6. The Labute approximate surface area is 122 Å². The van der Waals surface area contributed by atoms with E-state index in [9.17, 15) is 9.90 Å². The van der Waals surface area contributed by atoms with E-state index in [1.54, 1.807) is 19.1 Å². The number of ether oxygens (including phenoxy) is 1. The van der Waals surface area contributed by atoms with Crippen LogP contribution in [0.5, 0.6) is 17.2 Å². The number of esters is 1. The Bertz CT molecular complexity index is 592. The molecular formula is C15H17NO5. The first-order chi connectivity index (χ1) is 9.95. The standard InChI is InChI=1S/C9H11NO3.C6H6O2/c1-2-13-9(12)7-5-6(10)3-4-8(7)11;7-5-3-1-2-4-6(5)8/h3-5,11H,2,10H2,1H3;1-4,7-8H. The van der Waals surface area contributed by atoms with Gasteiger partial charge in [0.25, 0.3) is 0 Å². The van der Waals surface area contributed by atoms with Gasteiger partial charge in [0.1, 0.15) is 11.3 Å². The van der Waals surface area contributed by atoms with Gasteiger partial charge >= 0.3 is 5.97 Å². The van der Waals surface area contributed by atoms with Gasteiger partial charge in [-0.1, -0.05) is 12.1 Å². The van der Waals surface area contributed by atoms with Crippen LogP contribution in [-0.4, -0.2) is 27.9 Å². The molecule has 0 aromatic heterocycles. The van der Waals surface area contributed by atoms with Gasteiger partial charge in [0.2, 0.25) is 0 Å². The first-order valence-electron chi connectivity index (χ1n) is 6.18. The number of benzene rings is 2. The minimum atomic E-state index is -0.563. The molecule has 0 spiro atoms. The van der Waals surface area contributed by atoms with Crippen LogP contribution in [0.1, 0.15) is 17.3 Å². The van der Waals surface area contributed by atoms with Crippen LogP contribution in [-0.2, 0) is 4.74 Å². The van der Waals surface area contributed by atoms with Gasteiger partial charge < -0.3 is 25.8 Å². The molecule has 0 bridgehead atoms. The normalized spacial score (nSPS) is 9.38. The molecule has 0 aliphatic rings. The van der Waals surface area contributed by atoms with E-state index in [2.05, 4.69) is 0 Å². The highest BCUT2D eigenvalue weighted by atomic mass is 16.5. The Balaban J connectivity index is 0.000000235. The average Bonchev–Trinajstić information content (AvgIpc) is 2.46. The second-order valence-corrected chi connectivity index (χ2v) is 3.99. The second-order valence-electron chi connectivity index (χ2n) is 3.99. The third kappa shape index (κ3) is 4.94. The number of rotatable bonds is 2. The van der Waals surface area contributed by atoms with Crippen molar-refractivity contribution in [3.63, 3.8) is 0 Å². The predicted octanol–water partition coefficient (Wildman–Crippen LogP) is 2.25. The van der Waals surface area contributed by atoms with Gasteiger partial charge in [-0.25, -0.2) is 4.79 Å². The molecule has 0 atom stereocenters. The molecule has 0 fully saturated rings. The number of carbonyl (C=O) groups excluding carboxylic acids is 1. The number of phenolic OH excluding ortho intramolecular Hbond substituents is 3. The van der Waals surface area contributed by atoms with E-state index in [1.807, 2.05) is 0 Å². The average molecular weight is 291 g/mol. The van der Waals surface area contributed by atoms with Crippen molar-refractivity contribution in [2.24, 2.45) is 0 Å². The third-order valence-corrected chi connectivity index (χ3v) is 2.40. The quantitative estimate of drug-likeness (QED) is 0.292. The lowest BCUT2D eigenvalue weighted by Crippen LogP contribution is -2.05. The SMILES string of the molecule is CCOC(=O)c1cc(N)ccc1O.Oc1ccccc1O. The topological polar surface area (TPSA) is 113 Å². The van der Waals surface area contributed by atoms with E-state index in [0.29, 0.717) is 5.69 Å². The van der Waals surface area contributed by atoms with E-state index >= 15 is 0 Å². The van der Waals surface area contributed by atoms with Gasteiger partial charge in [0.05, 0.1) is 6.61 Å². The highest BCUT2D eigenvalue weighted by Gasteiger charge is 2.11.